The fourth-order valence-corrected chi connectivity index (χ4v) is 4.21. The molecular formula is C16H22N2S. The van der Waals surface area contributed by atoms with E-state index in [9.17, 15) is 0 Å². The molecule has 0 aromatic heterocycles. The number of benzene rings is 1. The van der Waals surface area contributed by atoms with Crippen molar-refractivity contribution in [1.29, 1.82) is 0 Å². The lowest BCUT2D eigenvalue weighted by molar-refractivity contribution is 0.535. The Kier molecular flexibility index (Phi) is 3.83. The highest BCUT2D eigenvalue weighted by Crippen LogP contribution is 2.36. The summed E-state index contributed by atoms with van der Waals surface area (Å²) in [5, 5.41) is 4.68. The minimum absolute atomic E-state index is 0.539. The zero-order valence-corrected chi connectivity index (χ0v) is 12.5. The molecule has 3 rings (SSSR count). The Balaban J connectivity index is 1.78. The van der Waals surface area contributed by atoms with E-state index >= 15 is 0 Å². The third kappa shape index (κ3) is 2.81. The topological polar surface area (TPSA) is 24.4 Å². The van der Waals surface area contributed by atoms with E-state index in [-0.39, 0.29) is 0 Å². The minimum atomic E-state index is 0.539. The van der Waals surface area contributed by atoms with E-state index in [4.69, 9.17) is 4.99 Å². The Bertz CT molecular complexity index is 481. The Morgan fingerprint density at radius 3 is 2.95 bits per heavy atom. The Labute approximate surface area is 120 Å². The monoisotopic (exact) mass is 274 g/mol. The van der Waals surface area contributed by atoms with Crippen LogP contribution in [0.15, 0.2) is 29.3 Å². The molecule has 0 radical (unpaired) electrons. The van der Waals surface area contributed by atoms with E-state index in [0.717, 1.165) is 11.1 Å². The van der Waals surface area contributed by atoms with Crippen LogP contribution in [0.2, 0.25) is 0 Å². The van der Waals surface area contributed by atoms with Crippen molar-refractivity contribution in [2.45, 2.75) is 45.1 Å². The largest absolute Gasteiger partial charge is 0.335 e. The van der Waals surface area contributed by atoms with Gasteiger partial charge in [-0.3, -0.25) is 4.99 Å². The predicted molar refractivity (Wildman–Crippen MR) is 85.2 cm³/mol. The van der Waals surface area contributed by atoms with Gasteiger partial charge in [-0.25, -0.2) is 0 Å². The molecule has 19 heavy (non-hydrogen) atoms. The number of thioether (sulfide) groups is 1. The average molecular weight is 274 g/mol. The van der Waals surface area contributed by atoms with Crippen LogP contribution < -0.4 is 5.32 Å². The molecule has 1 aliphatic carbocycles. The summed E-state index contributed by atoms with van der Waals surface area (Å²) < 4.78 is 0. The van der Waals surface area contributed by atoms with Crippen LogP contribution in [0.3, 0.4) is 0 Å². The molecule has 3 heteroatoms. The van der Waals surface area contributed by atoms with Crippen LogP contribution in [0.1, 0.15) is 44.6 Å². The molecule has 1 N–H and O–H groups in total. The van der Waals surface area contributed by atoms with Gasteiger partial charge >= 0.3 is 0 Å². The second-order valence-electron chi connectivity index (χ2n) is 5.87. The average Bonchev–Trinajstić information content (AvgIpc) is 2.86. The van der Waals surface area contributed by atoms with E-state index in [1.54, 1.807) is 0 Å². The zero-order chi connectivity index (χ0) is 13.2. The second-order valence-corrected chi connectivity index (χ2v) is 6.88. The van der Waals surface area contributed by atoms with Crippen LogP contribution in [0.5, 0.6) is 0 Å². The molecule has 1 saturated carbocycles. The molecule has 1 aliphatic heterocycles. The first-order chi connectivity index (χ1) is 9.24. The van der Waals surface area contributed by atoms with Gasteiger partial charge in [-0.05, 0) is 36.3 Å². The van der Waals surface area contributed by atoms with Crippen LogP contribution in [0.25, 0.3) is 0 Å². The summed E-state index contributed by atoms with van der Waals surface area (Å²) in [6.07, 6.45) is 4.01. The lowest BCUT2D eigenvalue weighted by Crippen LogP contribution is -2.25. The molecule has 102 valence electrons. The maximum atomic E-state index is 4.91. The number of aliphatic imine (C=N–C) groups is 1. The molecule has 1 heterocycles. The lowest BCUT2D eigenvalue weighted by atomic mass is 10.0. The number of anilines is 1. The highest BCUT2D eigenvalue weighted by Gasteiger charge is 2.31. The van der Waals surface area contributed by atoms with Crippen molar-refractivity contribution in [3.8, 4) is 0 Å². The molecule has 1 aromatic rings. The molecular weight excluding hydrogens is 252 g/mol. The number of amidine groups is 1. The van der Waals surface area contributed by atoms with Gasteiger partial charge < -0.3 is 5.32 Å². The third-order valence-corrected chi connectivity index (χ3v) is 5.24. The van der Waals surface area contributed by atoms with Crippen LogP contribution in [0.4, 0.5) is 5.69 Å². The van der Waals surface area contributed by atoms with Crippen LogP contribution >= 0.6 is 11.8 Å². The van der Waals surface area contributed by atoms with Crippen LogP contribution in [-0.4, -0.2) is 17.0 Å². The van der Waals surface area contributed by atoms with Crippen molar-refractivity contribution < 1.29 is 0 Å². The van der Waals surface area contributed by atoms with Gasteiger partial charge in [0.1, 0.15) is 0 Å². The number of hydrogen-bond donors (Lipinski definition) is 1. The van der Waals surface area contributed by atoms with Crippen LogP contribution in [0, 0.1) is 5.92 Å². The maximum Gasteiger partial charge on any atom is 0.161 e. The Hall–Kier alpha value is -0.960. The van der Waals surface area contributed by atoms with Gasteiger partial charge in [0, 0.05) is 11.4 Å². The molecule has 0 spiro atoms. The Morgan fingerprint density at radius 1 is 1.26 bits per heavy atom. The molecule has 2 atom stereocenters. The summed E-state index contributed by atoms with van der Waals surface area (Å²) >= 11 is 1.89. The first-order valence-electron chi connectivity index (χ1n) is 7.30. The van der Waals surface area contributed by atoms with Gasteiger partial charge in [0.05, 0.1) is 6.04 Å². The number of nitrogens with one attached hydrogen (secondary N) is 1. The fourth-order valence-electron chi connectivity index (χ4n) is 3.05. The molecule has 1 fully saturated rings. The number of fused-ring (bicyclic) bond motifs is 1. The fraction of sp³-hybridized carbons (Fsp3) is 0.562. The van der Waals surface area contributed by atoms with E-state index in [2.05, 4.69) is 43.4 Å². The van der Waals surface area contributed by atoms with E-state index in [1.807, 2.05) is 11.8 Å². The standard InChI is InChI=1S/C16H22N2S/c1-11(2)13-7-3-4-8-15(13)18-16-17-14-9-5-6-12(14)10-19-16/h3-4,7-8,11-12,14H,5-6,9-10H2,1-2H3,(H,17,18). The first kappa shape index (κ1) is 13.0. The number of nitrogens with zero attached hydrogens (tertiary/aromatic N) is 1. The van der Waals surface area contributed by atoms with Gasteiger partial charge in [0.15, 0.2) is 5.17 Å². The van der Waals surface area contributed by atoms with Crippen molar-refractivity contribution in [2.24, 2.45) is 10.9 Å². The highest BCUT2D eigenvalue weighted by molar-refractivity contribution is 8.14. The lowest BCUT2D eigenvalue weighted by Gasteiger charge is -2.24. The molecule has 1 aromatic carbocycles. The molecule has 0 amide bonds. The van der Waals surface area contributed by atoms with Crippen molar-refractivity contribution in [3.05, 3.63) is 29.8 Å². The minimum Gasteiger partial charge on any atom is -0.335 e. The van der Waals surface area contributed by atoms with Gasteiger partial charge in [0.25, 0.3) is 0 Å². The Morgan fingerprint density at radius 2 is 2.11 bits per heavy atom. The predicted octanol–water partition coefficient (Wildman–Crippen LogP) is 4.49. The number of para-hydroxylation sites is 1. The van der Waals surface area contributed by atoms with Gasteiger partial charge in [-0.1, -0.05) is 50.2 Å². The van der Waals surface area contributed by atoms with Crippen LogP contribution in [-0.2, 0) is 0 Å². The zero-order valence-electron chi connectivity index (χ0n) is 11.7. The maximum absolute atomic E-state index is 4.91. The molecule has 0 bridgehead atoms. The molecule has 2 aliphatic rings. The van der Waals surface area contributed by atoms with Crippen molar-refractivity contribution in [1.82, 2.24) is 0 Å². The van der Waals surface area contributed by atoms with E-state index in [1.165, 1.54) is 36.3 Å². The quantitative estimate of drug-likeness (QED) is 0.859. The van der Waals surface area contributed by atoms with E-state index < -0.39 is 0 Å². The number of hydrogen-bond acceptors (Lipinski definition) is 3. The summed E-state index contributed by atoms with van der Waals surface area (Å²) in [4.78, 5) is 4.91. The number of rotatable bonds is 2. The highest BCUT2D eigenvalue weighted by atomic mass is 32.2. The summed E-state index contributed by atoms with van der Waals surface area (Å²) in [6.45, 7) is 4.48. The third-order valence-electron chi connectivity index (χ3n) is 4.16. The molecule has 2 nitrogen and oxygen atoms in total. The van der Waals surface area contributed by atoms with Gasteiger partial charge in [-0.15, -0.1) is 0 Å². The van der Waals surface area contributed by atoms with Crippen molar-refractivity contribution >= 4 is 22.6 Å². The van der Waals surface area contributed by atoms with Gasteiger partial charge in [-0.2, -0.15) is 0 Å². The summed E-state index contributed by atoms with van der Waals surface area (Å²) in [5.41, 5.74) is 2.60. The van der Waals surface area contributed by atoms with Crippen molar-refractivity contribution in [2.75, 3.05) is 11.1 Å². The summed E-state index contributed by atoms with van der Waals surface area (Å²) in [6, 6.07) is 9.16. The SMILES string of the molecule is CC(C)c1ccccc1NC1=NC2CCCC2CS1. The first-order valence-corrected chi connectivity index (χ1v) is 8.29. The summed E-state index contributed by atoms with van der Waals surface area (Å²) in [5.74, 6) is 2.60. The molecule has 0 saturated heterocycles. The molecule has 2 unspecified atom stereocenters. The normalized spacial score (nSPS) is 26.2. The van der Waals surface area contributed by atoms with Crippen molar-refractivity contribution in [3.63, 3.8) is 0 Å². The second kappa shape index (κ2) is 5.58. The van der Waals surface area contributed by atoms with Gasteiger partial charge in [0.2, 0.25) is 0 Å². The van der Waals surface area contributed by atoms with E-state index in [0.29, 0.717) is 12.0 Å². The summed E-state index contributed by atoms with van der Waals surface area (Å²) in [7, 11) is 0. The smallest absolute Gasteiger partial charge is 0.161 e.